The molecule has 25 heavy (non-hydrogen) atoms. The fourth-order valence-electron chi connectivity index (χ4n) is 2.96. The molecule has 2 amide bonds. The highest BCUT2D eigenvalue weighted by molar-refractivity contribution is 5.85. The first kappa shape index (κ1) is 19.0. The number of carbonyl (C=O) groups excluding carboxylic acids is 1. The van der Waals surface area contributed by atoms with Crippen molar-refractivity contribution in [2.45, 2.75) is 45.3 Å². The molecule has 0 radical (unpaired) electrons. The Hall–Kier alpha value is -2.31. The van der Waals surface area contributed by atoms with Crippen LogP contribution in [0.1, 0.15) is 33.1 Å². The Morgan fingerprint density at radius 2 is 1.88 bits per heavy atom. The van der Waals surface area contributed by atoms with Crippen molar-refractivity contribution in [1.29, 1.82) is 0 Å². The molecule has 0 bridgehead atoms. The van der Waals surface area contributed by atoms with Gasteiger partial charge in [0.05, 0.1) is 0 Å². The highest BCUT2D eigenvalue weighted by atomic mass is 19.1. The molecule has 1 aliphatic heterocycles. The zero-order valence-corrected chi connectivity index (χ0v) is 14.6. The molecule has 0 unspecified atom stereocenters. The van der Waals surface area contributed by atoms with E-state index in [1.807, 2.05) is 13.8 Å². The maximum atomic E-state index is 12.9. The van der Waals surface area contributed by atoms with Crippen molar-refractivity contribution in [3.05, 3.63) is 30.1 Å². The quantitative estimate of drug-likeness (QED) is 0.825. The minimum atomic E-state index is -1.19. The Kier molecular flexibility index (Phi) is 6.61. The Balaban J connectivity index is 1.87. The molecule has 6 nitrogen and oxygen atoms in total. The Labute approximate surface area is 147 Å². The topological polar surface area (TPSA) is 78.9 Å². The molecule has 7 heteroatoms. The molecule has 1 heterocycles. The third kappa shape index (κ3) is 5.92. The highest BCUT2D eigenvalue weighted by Gasteiger charge is 2.30. The predicted molar refractivity (Wildman–Crippen MR) is 91.0 cm³/mol. The van der Waals surface area contributed by atoms with Crippen LogP contribution in [0.3, 0.4) is 0 Å². The van der Waals surface area contributed by atoms with E-state index in [9.17, 15) is 14.0 Å². The Morgan fingerprint density at radius 1 is 1.28 bits per heavy atom. The van der Waals surface area contributed by atoms with Crippen LogP contribution >= 0.6 is 0 Å². The summed E-state index contributed by atoms with van der Waals surface area (Å²) in [6.45, 7) is 4.93. The van der Waals surface area contributed by atoms with Crippen LogP contribution in [0.2, 0.25) is 0 Å². The molecule has 2 rings (SSSR count). The van der Waals surface area contributed by atoms with Crippen molar-refractivity contribution in [2.24, 2.45) is 5.92 Å². The standard InChI is InChI=1S/C18H25FN2O4/c1-12(2)11-16(20-18(23)24)17(22)21-9-7-15(8-10-21)25-14-5-3-13(19)4-6-14/h3-6,12,15-16,20H,7-11H2,1-2H3,(H,23,24)/t16-/m0/s1. The second kappa shape index (κ2) is 8.69. The molecule has 1 fully saturated rings. The number of carboxylic acid groups (broad SMARTS) is 1. The third-order valence-corrected chi connectivity index (χ3v) is 4.17. The van der Waals surface area contributed by atoms with Crippen molar-refractivity contribution in [2.75, 3.05) is 13.1 Å². The molecule has 1 saturated heterocycles. The summed E-state index contributed by atoms with van der Waals surface area (Å²) in [5, 5.41) is 11.3. The van der Waals surface area contributed by atoms with Gasteiger partial charge in [-0.2, -0.15) is 0 Å². The molecule has 0 spiro atoms. The summed E-state index contributed by atoms with van der Waals surface area (Å²) in [5.74, 6) is 0.322. The van der Waals surface area contributed by atoms with Crippen LogP contribution < -0.4 is 10.1 Å². The lowest BCUT2D eigenvalue weighted by molar-refractivity contribution is -0.135. The summed E-state index contributed by atoms with van der Waals surface area (Å²) < 4.78 is 18.7. The van der Waals surface area contributed by atoms with E-state index in [0.29, 0.717) is 38.1 Å². The number of ether oxygens (including phenoxy) is 1. The number of likely N-dealkylation sites (tertiary alicyclic amines) is 1. The van der Waals surface area contributed by atoms with Crippen LogP contribution in [0.15, 0.2) is 24.3 Å². The van der Waals surface area contributed by atoms with E-state index in [1.54, 1.807) is 17.0 Å². The van der Waals surface area contributed by atoms with Crippen LogP contribution in [0.4, 0.5) is 9.18 Å². The highest BCUT2D eigenvalue weighted by Crippen LogP contribution is 2.20. The molecule has 1 aliphatic rings. The van der Waals surface area contributed by atoms with Gasteiger partial charge in [-0.25, -0.2) is 9.18 Å². The van der Waals surface area contributed by atoms with Gasteiger partial charge in [0.1, 0.15) is 23.7 Å². The van der Waals surface area contributed by atoms with Gasteiger partial charge in [0.25, 0.3) is 0 Å². The number of halogens is 1. The van der Waals surface area contributed by atoms with Crippen LogP contribution in [0.25, 0.3) is 0 Å². The van der Waals surface area contributed by atoms with Gasteiger partial charge < -0.3 is 20.1 Å². The fourth-order valence-corrected chi connectivity index (χ4v) is 2.96. The van der Waals surface area contributed by atoms with Crippen LogP contribution in [-0.4, -0.2) is 47.2 Å². The lowest BCUT2D eigenvalue weighted by atomic mass is 10.0. The van der Waals surface area contributed by atoms with Gasteiger partial charge in [-0.05, 0) is 36.6 Å². The number of nitrogens with one attached hydrogen (secondary N) is 1. The smallest absolute Gasteiger partial charge is 0.405 e. The van der Waals surface area contributed by atoms with Crippen molar-refractivity contribution in [3.63, 3.8) is 0 Å². The van der Waals surface area contributed by atoms with Crippen LogP contribution in [-0.2, 0) is 4.79 Å². The average Bonchev–Trinajstić information content (AvgIpc) is 2.55. The second-order valence-corrected chi connectivity index (χ2v) is 6.73. The second-order valence-electron chi connectivity index (χ2n) is 6.73. The molecular formula is C18H25FN2O4. The predicted octanol–water partition coefficient (Wildman–Crippen LogP) is 2.88. The minimum Gasteiger partial charge on any atom is -0.490 e. The maximum absolute atomic E-state index is 12.9. The maximum Gasteiger partial charge on any atom is 0.405 e. The average molecular weight is 352 g/mol. The first-order valence-electron chi connectivity index (χ1n) is 8.55. The number of hydrogen-bond acceptors (Lipinski definition) is 3. The fraction of sp³-hybridized carbons (Fsp3) is 0.556. The number of amides is 2. The van der Waals surface area contributed by atoms with E-state index in [0.717, 1.165) is 0 Å². The number of piperidine rings is 1. The van der Waals surface area contributed by atoms with Crippen molar-refractivity contribution >= 4 is 12.0 Å². The van der Waals surface area contributed by atoms with Gasteiger partial charge in [0.2, 0.25) is 5.91 Å². The van der Waals surface area contributed by atoms with Crippen LogP contribution in [0.5, 0.6) is 5.75 Å². The molecule has 1 aromatic rings. The lowest BCUT2D eigenvalue weighted by Gasteiger charge is -2.34. The molecular weight excluding hydrogens is 327 g/mol. The summed E-state index contributed by atoms with van der Waals surface area (Å²) in [7, 11) is 0. The summed E-state index contributed by atoms with van der Waals surface area (Å²) in [4.78, 5) is 25.2. The first-order chi connectivity index (χ1) is 11.8. The van der Waals surface area contributed by atoms with Gasteiger partial charge >= 0.3 is 6.09 Å². The van der Waals surface area contributed by atoms with Gasteiger partial charge in [-0.1, -0.05) is 13.8 Å². The summed E-state index contributed by atoms with van der Waals surface area (Å²) in [6.07, 6.45) is 0.561. The lowest BCUT2D eigenvalue weighted by Crippen LogP contribution is -2.51. The van der Waals surface area contributed by atoms with Crippen molar-refractivity contribution in [1.82, 2.24) is 10.2 Å². The van der Waals surface area contributed by atoms with Gasteiger partial charge in [0, 0.05) is 25.9 Å². The monoisotopic (exact) mass is 352 g/mol. The molecule has 0 saturated carbocycles. The summed E-state index contributed by atoms with van der Waals surface area (Å²) >= 11 is 0. The number of nitrogens with zero attached hydrogens (tertiary/aromatic N) is 1. The molecule has 1 aromatic carbocycles. The van der Waals surface area contributed by atoms with Crippen LogP contribution in [0, 0.1) is 11.7 Å². The van der Waals surface area contributed by atoms with E-state index in [2.05, 4.69) is 5.32 Å². The first-order valence-corrected chi connectivity index (χ1v) is 8.55. The number of hydrogen-bond donors (Lipinski definition) is 2. The zero-order valence-electron chi connectivity index (χ0n) is 14.6. The van der Waals surface area contributed by atoms with E-state index in [4.69, 9.17) is 9.84 Å². The van der Waals surface area contributed by atoms with E-state index >= 15 is 0 Å². The zero-order chi connectivity index (χ0) is 18.4. The normalized spacial score (nSPS) is 16.6. The van der Waals surface area contributed by atoms with E-state index < -0.39 is 12.1 Å². The van der Waals surface area contributed by atoms with Crippen molar-refractivity contribution < 1.29 is 23.8 Å². The third-order valence-electron chi connectivity index (χ3n) is 4.17. The van der Waals surface area contributed by atoms with E-state index in [1.165, 1.54) is 12.1 Å². The number of rotatable bonds is 6. The van der Waals surface area contributed by atoms with Gasteiger partial charge in [-0.15, -0.1) is 0 Å². The Bertz CT molecular complexity index is 583. The summed E-state index contributed by atoms with van der Waals surface area (Å²) in [5.41, 5.74) is 0. The minimum absolute atomic E-state index is 0.0366. The molecule has 0 aliphatic carbocycles. The SMILES string of the molecule is CC(C)C[C@H](NC(=O)O)C(=O)N1CCC(Oc2ccc(F)cc2)CC1. The summed E-state index contributed by atoms with van der Waals surface area (Å²) in [6, 6.07) is 5.15. The molecule has 138 valence electrons. The van der Waals surface area contributed by atoms with E-state index in [-0.39, 0.29) is 23.7 Å². The van der Waals surface area contributed by atoms with Gasteiger partial charge in [-0.3, -0.25) is 4.79 Å². The Morgan fingerprint density at radius 3 is 2.40 bits per heavy atom. The number of carbonyl (C=O) groups is 2. The van der Waals surface area contributed by atoms with Gasteiger partial charge in [0.15, 0.2) is 0 Å². The number of benzene rings is 1. The molecule has 1 atom stereocenters. The largest absolute Gasteiger partial charge is 0.490 e. The molecule has 2 N–H and O–H groups in total. The molecule has 0 aromatic heterocycles. The van der Waals surface area contributed by atoms with Crippen molar-refractivity contribution in [3.8, 4) is 5.75 Å².